The Balaban J connectivity index is 2.10. The second kappa shape index (κ2) is 4.41. The molecule has 2 heterocycles. The Morgan fingerprint density at radius 3 is 2.88 bits per heavy atom. The molecule has 2 atom stereocenters. The molecule has 0 aliphatic carbocycles. The number of rotatable bonds is 2. The van der Waals surface area contributed by atoms with Gasteiger partial charge in [0.25, 0.3) is 0 Å². The third-order valence-electron chi connectivity index (χ3n) is 3.25. The highest BCUT2D eigenvalue weighted by Crippen LogP contribution is 2.22. The molecular formula is C11H19N3O2. The van der Waals surface area contributed by atoms with Crippen molar-refractivity contribution >= 4 is 11.8 Å². The monoisotopic (exact) mass is 225 g/mol. The quantitative estimate of drug-likeness (QED) is 0.692. The van der Waals surface area contributed by atoms with Crippen molar-refractivity contribution in [3.63, 3.8) is 0 Å². The van der Waals surface area contributed by atoms with Crippen LogP contribution in [0.4, 0.5) is 0 Å². The Morgan fingerprint density at radius 1 is 1.44 bits per heavy atom. The molecule has 2 amide bonds. The van der Waals surface area contributed by atoms with Gasteiger partial charge in [-0.05, 0) is 26.2 Å². The molecule has 2 N–H and O–H groups in total. The van der Waals surface area contributed by atoms with E-state index in [0.29, 0.717) is 6.54 Å². The lowest BCUT2D eigenvalue weighted by molar-refractivity contribution is -0.157. The first-order valence-electron chi connectivity index (χ1n) is 5.93. The summed E-state index contributed by atoms with van der Waals surface area (Å²) in [5.41, 5.74) is 5.68. The maximum absolute atomic E-state index is 12.1. The minimum atomic E-state index is -0.214. The number of hydrogen-bond acceptors (Lipinski definition) is 3. The number of piperazine rings is 1. The van der Waals surface area contributed by atoms with Crippen LogP contribution in [-0.2, 0) is 9.59 Å². The predicted molar refractivity (Wildman–Crippen MR) is 59.6 cm³/mol. The van der Waals surface area contributed by atoms with E-state index in [0.717, 1.165) is 25.8 Å². The van der Waals surface area contributed by atoms with Gasteiger partial charge in [-0.3, -0.25) is 9.59 Å². The van der Waals surface area contributed by atoms with Gasteiger partial charge in [-0.15, -0.1) is 0 Å². The fourth-order valence-electron chi connectivity index (χ4n) is 2.53. The van der Waals surface area contributed by atoms with Crippen molar-refractivity contribution in [3.8, 4) is 0 Å². The molecule has 2 saturated heterocycles. The normalized spacial score (nSPS) is 28.0. The van der Waals surface area contributed by atoms with Crippen molar-refractivity contribution in [2.24, 2.45) is 5.73 Å². The molecule has 0 radical (unpaired) electrons. The molecule has 0 aromatic carbocycles. The number of nitrogens with two attached hydrogens (primary N) is 1. The van der Waals surface area contributed by atoms with Gasteiger partial charge in [-0.1, -0.05) is 0 Å². The van der Waals surface area contributed by atoms with Crippen LogP contribution in [0.3, 0.4) is 0 Å². The lowest BCUT2D eigenvalue weighted by Crippen LogP contribution is -2.62. The van der Waals surface area contributed by atoms with E-state index in [1.54, 1.807) is 9.80 Å². The molecule has 0 spiro atoms. The van der Waals surface area contributed by atoms with Crippen LogP contribution >= 0.6 is 0 Å². The number of carbonyl (C=O) groups excluding carboxylic acids is 2. The van der Waals surface area contributed by atoms with E-state index < -0.39 is 0 Å². The zero-order valence-corrected chi connectivity index (χ0v) is 9.69. The molecule has 2 rings (SSSR count). The Morgan fingerprint density at radius 2 is 2.19 bits per heavy atom. The molecular weight excluding hydrogens is 206 g/mol. The van der Waals surface area contributed by atoms with Gasteiger partial charge < -0.3 is 15.5 Å². The minimum absolute atomic E-state index is 0.0740. The van der Waals surface area contributed by atoms with Crippen LogP contribution in [-0.4, -0.2) is 53.3 Å². The van der Waals surface area contributed by atoms with Gasteiger partial charge in [0.1, 0.15) is 6.04 Å². The summed E-state index contributed by atoms with van der Waals surface area (Å²) >= 11 is 0. The Kier molecular flexibility index (Phi) is 3.14. The van der Waals surface area contributed by atoms with Crippen LogP contribution in [0.1, 0.15) is 26.2 Å². The second-order valence-corrected chi connectivity index (χ2v) is 4.79. The molecule has 5 heteroatoms. The first-order valence-corrected chi connectivity index (χ1v) is 5.93. The lowest BCUT2D eigenvalue weighted by atomic mass is 9.98. The maximum Gasteiger partial charge on any atom is 0.245 e. The fraction of sp³-hybridized carbons (Fsp3) is 0.818. The smallest absolute Gasteiger partial charge is 0.245 e. The molecule has 90 valence electrons. The topological polar surface area (TPSA) is 66.6 Å². The average molecular weight is 225 g/mol. The van der Waals surface area contributed by atoms with Crippen LogP contribution < -0.4 is 5.73 Å². The first kappa shape index (κ1) is 11.4. The molecule has 1 unspecified atom stereocenters. The van der Waals surface area contributed by atoms with Crippen LogP contribution in [0.25, 0.3) is 0 Å². The van der Waals surface area contributed by atoms with Gasteiger partial charge in [0, 0.05) is 19.1 Å². The molecule has 2 fully saturated rings. The largest absolute Gasteiger partial charge is 0.330 e. The van der Waals surface area contributed by atoms with Gasteiger partial charge in [0.15, 0.2) is 0 Å². The number of amides is 2. The van der Waals surface area contributed by atoms with E-state index in [-0.39, 0.29) is 30.4 Å². The molecule has 2 aliphatic rings. The number of hydrogen-bond donors (Lipinski definition) is 1. The number of carbonyl (C=O) groups is 2. The summed E-state index contributed by atoms with van der Waals surface area (Å²) in [6, 6.07) is -0.291. The van der Waals surface area contributed by atoms with Gasteiger partial charge in [-0.25, -0.2) is 0 Å². The third-order valence-corrected chi connectivity index (χ3v) is 3.25. The van der Waals surface area contributed by atoms with Crippen LogP contribution in [0.15, 0.2) is 0 Å². The maximum atomic E-state index is 12.1. The van der Waals surface area contributed by atoms with Crippen LogP contribution in [0.5, 0.6) is 0 Å². The predicted octanol–water partition coefficient (Wildman–Crippen LogP) is -0.443. The zero-order valence-electron chi connectivity index (χ0n) is 9.69. The Bertz CT molecular complexity index is 304. The molecule has 0 bridgehead atoms. The fourth-order valence-corrected chi connectivity index (χ4v) is 2.53. The van der Waals surface area contributed by atoms with E-state index >= 15 is 0 Å². The van der Waals surface area contributed by atoms with Gasteiger partial charge in [0.2, 0.25) is 11.8 Å². The summed E-state index contributed by atoms with van der Waals surface area (Å²) in [5, 5.41) is 0. The van der Waals surface area contributed by atoms with E-state index in [2.05, 4.69) is 0 Å². The van der Waals surface area contributed by atoms with Gasteiger partial charge in [-0.2, -0.15) is 0 Å². The second-order valence-electron chi connectivity index (χ2n) is 4.79. The third kappa shape index (κ3) is 2.04. The Hall–Kier alpha value is -1.10. The molecule has 0 aromatic rings. The van der Waals surface area contributed by atoms with Crippen molar-refractivity contribution < 1.29 is 9.59 Å². The summed E-state index contributed by atoms with van der Waals surface area (Å²) in [6.07, 6.45) is 2.86. The zero-order chi connectivity index (χ0) is 11.7. The van der Waals surface area contributed by atoms with Crippen molar-refractivity contribution in [2.45, 2.75) is 38.3 Å². The van der Waals surface area contributed by atoms with Crippen LogP contribution in [0, 0.1) is 0 Å². The van der Waals surface area contributed by atoms with E-state index in [1.807, 2.05) is 6.92 Å². The van der Waals surface area contributed by atoms with Crippen molar-refractivity contribution in [3.05, 3.63) is 0 Å². The highest BCUT2D eigenvalue weighted by atomic mass is 16.2. The molecule has 5 nitrogen and oxygen atoms in total. The molecule has 2 aliphatic heterocycles. The number of piperidine rings is 1. The van der Waals surface area contributed by atoms with Crippen molar-refractivity contribution in [1.29, 1.82) is 0 Å². The first-order chi connectivity index (χ1) is 7.59. The van der Waals surface area contributed by atoms with Gasteiger partial charge in [0.05, 0.1) is 6.54 Å². The summed E-state index contributed by atoms with van der Waals surface area (Å²) in [5.74, 6) is 0.154. The van der Waals surface area contributed by atoms with E-state index in [1.165, 1.54) is 0 Å². The lowest BCUT2D eigenvalue weighted by Gasteiger charge is -2.43. The Labute approximate surface area is 95.6 Å². The summed E-state index contributed by atoms with van der Waals surface area (Å²) < 4.78 is 0. The standard InChI is InChI=1S/C11H19N3O2/c1-8(12)6-13-7-10(15)14-5-3-2-4-9(14)11(13)16/h8-9H,2-7,12H2,1H3/t8-,9?/m0/s1. The van der Waals surface area contributed by atoms with E-state index in [4.69, 9.17) is 5.73 Å². The molecule has 0 saturated carbocycles. The van der Waals surface area contributed by atoms with Crippen molar-refractivity contribution in [1.82, 2.24) is 9.80 Å². The number of fused-ring (bicyclic) bond motifs is 1. The van der Waals surface area contributed by atoms with Crippen molar-refractivity contribution in [2.75, 3.05) is 19.6 Å². The average Bonchev–Trinajstić information content (AvgIpc) is 2.25. The highest BCUT2D eigenvalue weighted by Gasteiger charge is 2.40. The van der Waals surface area contributed by atoms with Crippen LogP contribution in [0.2, 0.25) is 0 Å². The highest BCUT2D eigenvalue weighted by molar-refractivity contribution is 5.95. The number of nitrogens with zero attached hydrogens (tertiary/aromatic N) is 2. The SMILES string of the molecule is C[C@H](N)CN1CC(=O)N2CCCCC2C1=O. The van der Waals surface area contributed by atoms with Gasteiger partial charge >= 0.3 is 0 Å². The minimum Gasteiger partial charge on any atom is -0.330 e. The summed E-state index contributed by atoms with van der Waals surface area (Å²) in [4.78, 5) is 27.3. The summed E-state index contributed by atoms with van der Waals surface area (Å²) in [7, 11) is 0. The summed E-state index contributed by atoms with van der Waals surface area (Å²) in [6.45, 7) is 3.28. The van der Waals surface area contributed by atoms with E-state index in [9.17, 15) is 9.59 Å². The molecule has 0 aromatic heterocycles. The molecule has 16 heavy (non-hydrogen) atoms.